The number of piperidine rings is 1. The summed E-state index contributed by atoms with van der Waals surface area (Å²) in [5.41, 5.74) is 7.27. The molecule has 1 saturated heterocycles. The highest BCUT2D eigenvalue weighted by Gasteiger charge is 2.33. The van der Waals surface area contributed by atoms with Gasteiger partial charge < -0.3 is 15.7 Å². The van der Waals surface area contributed by atoms with Gasteiger partial charge in [0.05, 0.1) is 23.3 Å². The van der Waals surface area contributed by atoms with E-state index in [0.717, 1.165) is 22.8 Å². The average molecular weight is 454 g/mol. The van der Waals surface area contributed by atoms with Crippen LogP contribution in [0.25, 0.3) is 5.70 Å². The fourth-order valence-electron chi connectivity index (χ4n) is 4.16. The first-order chi connectivity index (χ1) is 15.3. The molecule has 6 nitrogen and oxygen atoms in total. The van der Waals surface area contributed by atoms with Gasteiger partial charge in [-0.3, -0.25) is 4.90 Å². The molecule has 172 valence electrons. The predicted octanol–water partition coefficient (Wildman–Crippen LogP) is 3.88. The van der Waals surface area contributed by atoms with Gasteiger partial charge in [0.1, 0.15) is 17.5 Å². The summed E-state index contributed by atoms with van der Waals surface area (Å²) in [6.07, 6.45) is 0.0322. The monoisotopic (exact) mass is 454 g/mol. The van der Waals surface area contributed by atoms with Gasteiger partial charge in [0.15, 0.2) is 0 Å². The topological polar surface area (TPSA) is 67.5 Å². The molecule has 0 spiro atoms. The van der Waals surface area contributed by atoms with Gasteiger partial charge >= 0.3 is 6.18 Å². The van der Waals surface area contributed by atoms with Gasteiger partial charge in [-0.05, 0) is 44.1 Å². The number of allylic oxidation sites excluding steroid dienone is 1. The van der Waals surface area contributed by atoms with Gasteiger partial charge in [-0.2, -0.15) is 13.2 Å². The standard InChI is InChI=1S/C21H23F5N6/c1-27-31-18(19-14-2-5-28-20(14)30-11-29-19)12-3-6-32(7-4-12)10-15-16(22)8-13(9-17(15)23)21(24,25)26/h2,5,8-9,11-12,27-28,31H,3-4,6-7,10H2,1H3,(H,29,30)/b19-18-. The lowest BCUT2D eigenvalue weighted by molar-refractivity contribution is -0.138. The highest BCUT2D eigenvalue weighted by Crippen LogP contribution is 2.34. The Morgan fingerprint density at radius 1 is 1.19 bits per heavy atom. The van der Waals surface area contributed by atoms with E-state index in [-0.39, 0.29) is 18.0 Å². The number of hydrogen-bond donors (Lipinski definition) is 4. The van der Waals surface area contributed by atoms with Crippen molar-refractivity contribution >= 4 is 17.9 Å². The van der Waals surface area contributed by atoms with Crippen molar-refractivity contribution in [2.75, 3.05) is 20.1 Å². The molecule has 1 fully saturated rings. The van der Waals surface area contributed by atoms with Gasteiger partial charge in [0.2, 0.25) is 0 Å². The van der Waals surface area contributed by atoms with Crippen LogP contribution in [0.2, 0.25) is 0 Å². The van der Waals surface area contributed by atoms with E-state index in [1.807, 2.05) is 17.2 Å². The summed E-state index contributed by atoms with van der Waals surface area (Å²) in [6.45, 7) is 1.00. The third-order valence-corrected chi connectivity index (χ3v) is 5.77. The number of aromatic nitrogens is 1. The summed E-state index contributed by atoms with van der Waals surface area (Å²) in [5, 5.41) is 3.19. The fraction of sp³-hybridized carbons (Fsp3) is 0.381. The molecule has 0 amide bonds. The number of aromatic amines is 1. The maximum atomic E-state index is 14.2. The Morgan fingerprint density at radius 3 is 2.50 bits per heavy atom. The van der Waals surface area contributed by atoms with Gasteiger partial charge in [-0.15, -0.1) is 0 Å². The smallest absolute Gasteiger partial charge is 0.346 e. The van der Waals surface area contributed by atoms with Crippen molar-refractivity contribution in [3.63, 3.8) is 0 Å². The third-order valence-electron chi connectivity index (χ3n) is 5.77. The van der Waals surface area contributed by atoms with Crippen LogP contribution < -0.4 is 16.2 Å². The van der Waals surface area contributed by atoms with E-state index < -0.39 is 23.4 Å². The number of halogens is 5. The van der Waals surface area contributed by atoms with Crippen LogP contribution in [0.4, 0.5) is 27.8 Å². The normalized spacial score (nSPS) is 18.9. The SMILES string of the molecule is CNN/C(=C1\NC=Nc2[nH]ccc21)C1CCN(Cc2c(F)cc(C(F)(F)F)cc2F)CC1. The quantitative estimate of drug-likeness (QED) is 0.409. The maximum absolute atomic E-state index is 14.2. The first-order valence-electron chi connectivity index (χ1n) is 10.2. The molecule has 1 aromatic carbocycles. The van der Waals surface area contributed by atoms with Crippen LogP contribution in [0.3, 0.4) is 0 Å². The lowest BCUT2D eigenvalue weighted by atomic mass is 9.90. The summed E-state index contributed by atoms with van der Waals surface area (Å²) in [4.78, 5) is 9.19. The highest BCUT2D eigenvalue weighted by atomic mass is 19.4. The molecule has 0 radical (unpaired) electrons. The van der Waals surface area contributed by atoms with Crippen molar-refractivity contribution < 1.29 is 22.0 Å². The van der Waals surface area contributed by atoms with Crippen LogP contribution in [-0.4, -0.2) is 36.4 Å². The van der Waals surface area contributed by atoms with Crippen molar-refractivity contribution in [3.8, 4) is 0 Å². The van der Waals surface area contributed by atoms with E-state index >= 15 is 0 Å². The molecule has 2 aliphatic rings. The van der Waals surface area contributed by atoms with E-state index in [1.54, 1.807) is 13.4 Å². The second-order valence-electron chi connectivity index (χ2n) is 7.77. The number of hydrogen-bond acceptors (Lipinski definition) is 5. The largest absolute Gasteiger partial charge is 0.416 e. The Hall–Kier alpha value is -2.92. The highest BCUT2D eigenvalue weighted by molar-refractivity contribution is 5.87. The van der Waals surface area contributed by atoms with Crippen LogP contribution in [0, 0.1) is 17.6 Å². The van der Waals surface area contributed by atoms with Crippen molar-refractivity contribution in [2.45, 2.75) is 25.6 Å². The van der Waals surface area contributed by atoms with Gasteiger partial charge in [0, 0.05) is 36.8 Å². The van der Waals surface area contributed by atoms with Gasteiger partial charge in [-0.1, -0.05) is 0 Å². The van der Waals surface area contributed by atoms with E-state index in [0.29, 0.717) is 38.1 Å². The molecule has 0 saturated carbocycles. The zero-order chi connectivity index (χ0) is 22.9. The second-order valence-corrected chi connectivity index (χ2v) is 7.77. The molecule has 4 rings (SSSR count). The molecule has 1 aromatic heterocycles. The van der Waals surface area contributed by atoms with Crippen molar-refractivity contribution in [1.29, 1.82) is 0 Å². The van der Waals surface area contributed by atoms with E-state index in [1.165, 1.54) is 0 Å². The van der Waals surface area contributed by atoms with Crippen molar-refractivity contribution in [1.82, 2.24) is 26.1 Å². The Balaban J connectivity index is 1.48. The number of H-pyrrole nitrogens is 1. The number of benzene rings is 1. The molecular weight excluding hydrogens is 431 g/mol. The van der Waals surface area contributed by atoms with Crippen LogP contribution in [0.5, 0.6) is 0 Å². The summed E-state index contributed by atoms with van der Waals surface area (Å²) in [7, 11) is 1.76. The third kappa shape index (κ3) is 4.49. The summed E-state index contributed by atoms with van der Waals surface area (Å²) in [6, 6.07) is 2.64. The zero-order valence-corrected chi connectivity index (χ0v) is 17.3. The van der Waals surface area contributed by atoms with E-state index in [2.05, 4.69) is 26.1 Å². The summed E-state index contributed by atoms with van der Waals surface area (Å²) < 4.78 is 66.8. The lowest BCUT2D eigenvalue weighted by Crippen LogP contribution is -2.40. The van der Waals surface area contributed by atoms with Crippen LogP contribution in [-0.2, 0) is 12.7 Å². The van der Waals surface area contributed by atoms with Gasteiger partial charge in [-0.25, -0.2) is 19.2 Å². The Bertz CT molecular complexity index is 1010. The number of nitrogens with one attached hydrogen (secondary N) is 4. The van der Waals surface area contributed by atoms with Crippen LogP contribution in [0.15, 0.2) is 35.1 Å². The second kappa shape index (κ2) is 8.91. The van der Waals surface area contributed by atoms with Crippen molar-refractivity contribution in [2.24, 2.45) is 10.9 Å². The Kier molecular flexibility index (Phi) is 6.20. The molecular formula is C21H23F5N6. The maximum Gasteiger partial charge on any atom is 0.416 e. The molecule has 11 heteroatoms. The van der Waals surface area contributed by atoms with Crippen LogP contribution in [0.1, 0.15) is 29.5 Å². The minimum atomic E-state index is -4.79. The molecule has 4 N–H and O–H groups in total. The van der Waals surface area contributed by atoms with E-state index in [4.69, 9.17) is 0 Å². The number of likely N-dealkylation sites (tertiary alicyclic amines) is 1. The number of aliphatic imine (C=N–C) groups is 1. The zero-order valence-electron chi connectivity index (χ0n) is 17.3. The number of alkyl halides is 3. The molecule has 0 bridgehead atoms. The Morgan fingerprint density at radius 2 is 1.88 bits per heavy atom. The fourth-order valence-corrected chi connectivity index (χ4v) is 4.16. The average Bonchev–Trinajstić information content (AvgIpc) is 3.23. The van der Waals surface area contributed by atoms with Crippen LogP contribution >= 0.6 is 0 Å². The molecule has 0 aliphatic carbocycles. The Labute approximate surface area is 181 Å². The number of nitrogens with zero attached hydrogens (tertiary/aromatic N) is 2. The molecule has 0 atom stereocenters. The number of hydrazine groups is 1. The minimum Gasteiger partial charge on any atom is -0.346 e. The minimum absolute atomic E-state index is 0.0826. The van der Waals surface area contributed by atoms with E-state index in [9.17, 15) is 22.0 Å². The first kappa shape index (κ1) is 22.3. The molecule has 3 heterocycles. The molecule has 2 aromatic rings. The van der Waals surface area contributed by atoms with Crippen molar-refractivity contribution in [3.05, 3.63) is 58.4 Å². The molecule has 2 aliphatic heterocycles. The number of rotatable bonds is 5. The summed E-state index contributed by atoms with van der Waals surface area (Å²) >= 11 is 0. The molecule has 0 unspecified atom stereocenters. The first-order valence-corrected chi connectivity index (χ1v) is 10.2. The lowest BCUT2D eigenvalue weighted by Gasteiger charge is -2.34. The predicted molar refractivity (Wildman–Crippen MR) is 111 cm³/mol. The summed E-state index contributed by atoms with van der Waals surface area (Å²) in [5.74, 6) is -1.47. The number of fused-ring (bicyclic) bond motifs is 1. The van der Waals surface area contributed by atoms with Gasteiger partial charge in [0.25, 0.3) is 0 Å². The molecule has 32 heavy (non-hydrogen) atoms.